The Morgan fingerprint density at radius 1 is 1.26 bits per heavy atom. The lowest BCUT2D eigenvalue weighted by Crippen LogP contribution is -2.16. The molecule has 2 aromatic carbocycles. The SMILES string of the molecule is Cc1ccc2nc(NC(=O)c3ccccc3CI)oc(=O)c2c1. The van der Waals surface area contributed by atoms with Crippen molar-refractivity contribution < 1.29 is 9.21 Å². The standard InChI is InChI=1S/C17H13IN2O3/c1-10-6-7-14-13(8-10)16(22)23-17(19-14)20-15(21)12-5-3-2-4-11(12)9-18/h2-8H,9H2,1H3,(H,19,20,21). The number of amides is 1. The number of carbonyl (C=O) groups is 1. The Morgan fingerprint density at radius 3 is 2.83 bits per heavy atom. The third kappa shape index (κ3) is 3.26. The molecule has 1 heterocycles. The van der Waals surface area contributed by atoms with Gasteiger partial charge in [0, 0.05) is 9.99 Å². The molecule has 5 nitrogen and oxygen atoms in total. The molecule has 1 amide bonds. The Morgan fingerprint density at radius 2 is 2.04 bits per heavy atom. The lowest BCUT2D eigenvalue weighted by molar-refractivity contribution is 0.102. The molecule has 3 aromatic rings. The van der Waals surface area contributed by atoms with E-state index in [1.165, 1.54) is 0 Å². The van der Waals surface area contributed by atoms with E-state index in [0.717, 1.165) is 11.1 Å². The fourth-order valence-corrected chi connectivity index (χ4v) is 2.93. The van der Waals surface area contributed by atoms with Crippen LogP contribution in [0.15, 0.2) is 51.7 Å². The summed E-state index contributed by atoms with van der Waals surface area (Å²) in [6, 6.07) is 12.5. The molecular formula is C17H13IN2O3. The number of hydrogen-bond acceptors (Lipinski definition) is 4. The maximum absolute atomic E-state index is 12.4. The van der Waals surface area contributed by atoms with Gasteiger partial charge in [0.25, 0.3) is 5.91 Å². The molecule has 3 rings (SSSR count). The van der Waals surface area contributed by atoms with E-state index >= 15 is 0 Å². The summed E-state index contributed by atoms with van der Waals surface area (Å²) in [7, 11) is 0. The van der Waals surface area contributed by atoms with Crippen molar-refractivity contribution in [3.63, 3.8) is 0 Å². The van der Waals surface area contributed by atoms with E-state index in [0.29, 0.717) is 20.9 Å². The Labute approximate surface area is 145 Å². The molecule has 116 valence electrons. The monoisotopic (exact) mass is 420 g/mol. The number of aromatic nitrogens is 1. The first-order valence-electron chi connectivity index (χ1n) is 6.95. The van der Waals surface area contributed by atoms with Crippen molar-refractivity contribution in [2.24, 2.45) is 0 Å². The van der Waals surface area contributed by atoms with Crippen LogP contribution in [0, 0.1) is 6.92 Å². The van der Waals surface area contributed by atoms with E-state index in [1.54, 1.807) is 24.3 Å². The van der Waals surface area contributed by atoms with Crippen molar-refractivity contribution in [3.8, 4) is 0 Å². The molecule has 0 unspecified atom stereocenters. The van der Waals surface area contributed by atoms with Gasteiger partial charge in [-0.3, -0.25) is 10.1 Å². The molecule has 23 heavy (non-hydrogen) atoms. The first-order valence-corrected chi connectivity index (χ1v) is 8.48. The van der Waals surface area contributed by atoms with E-state index in [2.05, 4.69) is 32.9 Å². The Bertz CT molecular complexity index is 950. The van der Waals surface area contributed by atoms with Crippen LogP contribution in [-0.4, -0.2) is 10.9 Å². The number of nitrogens with zero attached hydrogens (tertiary/aromatic N) is 1. The van der Waals surface area contributed by atoms with Gasteiger partial charge >= 0.3 is 11.6 Å². The molecule has 0 atom stereocenters. The van der Waals surface area contributed by atoms with Gasteiger partial charge in [-0.05, 0) is 30.7 Å². The highest BCUT2D eigenvalue weighted by Gasteiger charge is 2.14. The Hall–Kier alpha value is -2.22. The molecule has 0 saturated heterocycles. The minimum atomic E-state index is -0.517. The summed E-state index contributed by atoms with van der Waals surface area (Å²) < 4.78 is 5.81. The van der Waals surface area contributed by atoms with Gasteiger partial charge in [-0.25, -0.2) is 4.79 Å². The topological polar surface area (TPSA) is 72.2 Å². The second-order valence-corrected chi connectivity index (χ2v) is 5.83. The number of carbonyl (C=O) groups excluding carboxylic acids is 1. The molecule has 0 fully saturated rings. The zero-order valence-electron chi connectivity index (χ0n) is 12.3. The molecule has 0 aliphatic carbocycles. The lowest BCUT2D eigenvalue weighted by Gasteiger charge is -2.07. The molecular weight excluding hydrogens is 407 g/mol. The third-order valence-electron chi connectivity index (χ3n) is 3.41. The quantitative estimate of drug-likeness (QED) is 0.519. The average Bonchev–Trinajstić information content (AvgIpc) is 2.55. The van der Waals surface area contributed by atoms with E-state index in [9.17, 15) is 9.59 Å². The molecule has 1 N–H and O–H groups in total. The molecule has 0 radical (unpaired) electrons. The predicted octanol–water partition coefficient (Wildman–Crippen LogP) is 3.68. The second-order valence-electron chi connectivity index (χ2n) is 5.07. The van der Waals surface area contributed by atoms with E-state index in [-0.39, 0.29) is 11.9 Å². The van der Waals surface area contributed by atoms with Crippen molar-refractivity contribution in [1.29, 1.82) is 0 Å². The number of alkyl halides is 1. The van der Waals surface area contributed by atoms with E-state index in [1.807, 2.05) is 25.1 Å². The zero-order chi connectivity index (χ0) is 16.4. The number of nitrogens with one attached hydrogen (secondary N) is 1. The number of halogens is 1. The average molecular weight is 420 g/mol. The van der Waals surface area contributed by atoms with E-state index in [4.69, 9.17) is 4.42 Å². The first kappa shape index (κ1) is 15.7. The largest absolute Gasteiger partial charge is 0.388 e. The van der Waals surface area contributed by atoms with Crippen molar-refractivity contribution >= 4 is 45.4 Å². The highest BCUT2D eigenvalue weighted by atomic mass is 127. The minimum absolute atomic E-state index is 0.0976. The first-order chi connectivity index (χ1) is 11.1. The summed E-state index contributed by atoms with van der Waals surface area (Å²) in [4.78, 5) is 28.6. The Kier molecular flexibility index (Phi) is 4.42. The number of hydrogen-bond donors (Lipinski definition) is 1. The highest BCUT2D eigenvalue weighted by molar-refractivity contribution is 14.1. The summed E-state index contributed by atoms with van der Waals surface area (Å²) in [6.45, 7) is 1.88. The van der Waals surface area contributed by atoms with Crippen molar-refractivity contribution in [2.75, 3.05) is 5.32 Å². The van der Waals surface area contributed by atoms with Gasteiger partial charge in [0.2, 0.25) is 0 Å². The van der Waals surface area contributed by atoms with Crippen LogP contribution in [0.2, 0.25) is 0 Å². The zero-order valence-corrected chi connectivity index (χ0v) is 14.5. The summed E-state index contributed by atoms with van der Waals surface area (Å²) in [5, 5.41) is 2.96. The number of rotatable bonds is 3. The second kappa shape index (κ2) is 6.49. The predicted molar refractivity (Wildman–Crippen MR) is 97.1 cm³/mol. The van der Waals surface area contributed by atoms with Crippen molar-refractivity contribution in [3.05, 3.63) is 69.6 Å². The molecule has 0 aliphatic rings. The van der Waals surface area contributed by atoms with Gasteiger partial charge in [-0.1, -0.05) is 52.4 Å². The van der Waals surface area contributed by atoms with Gasteiger partial charge in [0.15, 0.2) is 0 Å². The van der Waals surface area contributed by atoms with Gasteiger partial charge in [0.1, 0.15) is 0 Å². The van der Waals surface area contributed by atoms with Crippen molar-refractivity contribution in [1.82, 2.24) is 4.98 Å². The van der Waals surface area contributed by atoms with Crippen LogP contribution in [-0.2, 0) is 4.43 Å². The molecule has 1 aromatic heterocycles. The summed E-state index contributed by atoms with van der Waals surface area (Å²) in [6.07, 6.45) is 0. The van der Waals surface area contributed by atoms with Crippen LogP contribution in [0.5, 0.6) is 0 Å². The van der Waals surface area contributed by atoms with Crippen LogP contribution in [0.25, 0.3) is 10.9 Å². The summed E-state index contributed by atoms with van der Waals surface area (Å²) in [5.41, 5.74) is 2.36. The Balaban J connectivity index is 1.97. The number of benzene rings is 2. The number of fused-ring (bicyclic) bond motifs is 1. The van der Waals surface area contributed by atoms with Crippen LogP contribution in [0.1, 0.15) is 21.5 Å². The van der Waals surface area contributed by atoms with Crippen LogP contribution < -0.4 is 10.9 Å². The highest BCUT2D eigenvalue weighted by Crippen LogP contribution is 2.16. The van der Waals surface area contributed by atoms with Crippen molar-refractivity contribution in [2.45, 2.75) is 11.4 Å². The number of aryl methyl sites for hydroxylation is 1. The third-order valence-corrected chi connectivity index (χ3v) is 4.23. The smallest absolute Gasteiger partial charge is 0.348 e. The molecule has 0 spiro atoms. The summed E-state index contributed by atoms with van der Waals surface area (Å²) in [5.74, 6) is -0.348. The molecule has 0 bridgehead atoms. The number of anilines is 1. The van der Waals surface area contributed by atoms with Gasteiger partial charge in [-0.2, -0.15) is 4.98 Å². The summed E-state index contributed by atoms with van der Waals surface area (Å²) >= 11 is 2.19. The fraction of sp³-hybridized carbons (Fsp3) is 0.118. The van der Waals surface area contributed by atoms with Crippen LogP contribution in [0.3, 0.4) is 0 Å². The van der Waals surface area contributed by atoms with Gasteiger partial charge < -0.3 is 4.42 Å². The fourth-order valence-electron chi connectivity index (χ4n) is 2.26. The van der Waals surface area contributed by atoms with Crippen LogP contribution in [0.4, 0.5) is 6.01 Å². The van der Waals surface area contributed by atoms with E-state index < -0.39 is 5.63 Å². The molecule has 0 aliphatic heterocycles. The minimum Gasteiger partial charge on any atom is -0.388 e. The maximum Gasteiger partial charge on any atom is 0.348 e. The molecule has 0 saturated carbocycles. The van der Waals surface area contributed by atoms with Gasteiger partial charge in [-0.15, -0.1) is 0 Å². The lowest BCUT2D eigenvalue weighted by atomic mass is 10.1. The normalized spacial score (nSPS) is 10.7. The maximum atomic E-state index is 12.4. The van der Waals surface area contributed by atoms with Crippen LogP contribution >= 0.6 is 22.6 Å². The van der Waals surface area contributed by atoms with Gasteiger partial charge in [0.05, 0.1) is 10.9 Å². The molecule has 6 heteroatoms.